The maximum absolute atomic E-state index is 11.8. The molecule has 4 nitrogen and oxygen atoms in total. The molecule has 1 N–H and O–H groups in total. The fraction of sp³-hybridized carbons (Fsp3) is 0.333. The van der Waals surface area contributed by atoms with E-state index in [9.17, 15) is 4.79 Å². The molecule has 0 radical (unpaired) electrons. The zero-order valence-corrected chi connectivity index (χ0v) is 12.0. The molecule has 0 aliphatic heterocycles. The smallest absolute Gasteiger partial charge is 0.360 e. The summed E-state index contributed by atoms with van der Waals surface area (Å²) in [7, 11) is 0. The van der Waals surface area contributed by atoms with Crippen LogP contribution in [0.2, 0.25) is 0 Å². The Morgan fingerprint density at radius 2 is 2.25 bits per heavy atom. The molecule has 1 heterocycles. The summed E-state index contributed by atoms with van der Waals surface area (Å²) in [5.74, 6) is 0.168. The number of ether oxygens (including phenoxy) is 1. The Labute approximate surface area is 121 Å². The van der Waals surface area contributed by atoms with Crippen LogP contribution in [-0.4, -0.2) is 23.6 Å². The van der Waals surface area contributed by atoms with Crippen molar-refractivity contribution in [2.75, 3.05) is 11.9 Å². The number of hydrogen-bond acceptors (Lipinski definition) is 5. The number of nitrogens with one attached hydrogen (secondary N) is 1. The molecule has 2 atom stereocenters. The summed E-state index contributed by atoms with van der Waals surface area (Å²) < 4.78 is 5.01. The highest BCUT2D eigenvalue weighted by Crippen LogP contribution is 2.43. The van der Waals surface area contributed by atoms with E-state index < -0.39 is 0 Å². The predicted molar refractivity (Wildman–Crippen MR) is 79.3 cm³/mol. The Bertz CT molecular complexity index is 597. The molecule has 2 aromatic rings. The molecule has 1 fully saturated rings. The fourth-order valence-corrected chi connectivity index (χ4v) is 3.02. The average molecular weight is 288 g/mol. The molecule has 0 spiro atoms. The summed E-state index contributed by atoms with van der Waals surface area (Å²) in [4.78, 5) is 15.9. The lowest BCUT2D eigenvalue weighted by molar-refractivity contribution is 0.0521. The zero-order valence-electron chi connectivity index (χ0n) is 11.2. The SMILES string of the molecule is CCOC(=O)c1ncsc1NC1CC1c1ccccc1. The third-order valence-electron chi connectivity index (χ3n) is 3.37. The number of rotatable bonds is 5. The van der Waals surface area contributed by atoms with Crippen molar-refractivity contribution in [1.29, 1.82) is 0 Å². The first-order valence-electron chi connectivity index (χ1n) is 6.71. The van der Waals surface area contributed by atoms with Gasteiger partial charge in [0.2, 0.25) is 0 Å². The second kappa shape index (κ2) is 5.63. The first-order valence-corrected chi connectivity index (χ1v) is 7.59. The summed E-state index contributed by atoms with van der Waals surface area (Å²) in [6.45, 7) is 2.16. The van der Waals surface area contributed by atoms with Crippen molar-refractivity contribution < 1.29 is 9.53 Å². The number of benzene rings is 1. The number of esters is 1. The van der Waals surface area contributed by atoms with Crippen molar-refractivity contribution in [1.82, 2.24) is 4.98 Å². The van der Waals surface area contributed by atoms with Gasteiger partial charge in [-0.25, -0.2) is 9.78 Å². The number of thiazole rings is 1. The fourth-order valence-electron chi connectivity index (χ4n) is 2.28. The molecular weight excluding hydrogens is 272 g/mol. The first kappa shape index (κ1) is 13.1. The van der Waals surface area contributed by atoms with Gasteiger partial charge in [-0.2, -0.15) is 0 Å². The quantitative estimate of drug-likeness (QED) is 0.858. The third kappa shape index (κ3) is 2.67. The minimum atomic E-state index is -0.354. The van der Waals surface area contributed by atoms with Crippen LogP contribution in [0.1, 0.15) is 35.3 Å². The lowest BCUT2D eigenvalue weighted by Crippen LogP contribution is -2.10. The molecule has 3 rings (SSSR count). The van der Waals surface area contributed by atoms with Gasteiger partial charge in [-0.15, -0.1) is 11.3 Å². The topological polar surface area (TPSA) is 51.2 Å². The summed E-state index contributed by atoms with van der Waals surface area (Å²) >= 11 is 1.45. The van der Waals surface area contributed by atoms with Gasteiger partial charge in [-0.05, 0) is 18.9 Å². The maximum Gasteiger partial charge on any atom is 0.360 e. The monoisotopic (exact) mass is 288 g/mol. The van der Waals surface area contributed by atoms with E-state index in [1.807, 2.05) is 6.07 Å². The average Bonchev–Trinajstić information content (AvgIpc) is 3.07. The highest BCUT2D eigenvalue weighted by Gasteiger charge is 2.39. The van der Waals surface area contributed by atoms with Gasteiger partial charge in [0.1, 0.15) is 5.00 Å². The number of hydrogen-bond donors (Lipinski definition) is 1. The molecule has 1 aliphatic rings. The second-order valence-corrected chi connectivity index (χ2v) is 5.61. The van der Waals surface area contributed by atoms with Gasteiger partial charge in [-0.1, -0.05) is 30.3 Å². The molecule has 0 saturated heterocycles. The largest absolute Gasteiger partial charge is 0.461 e. The third-order valence-corrected chi connectivity index (χ3v) is 4.13. The standard InChI is InChI=1S/C15H16N2O2S/c1-2-19-15(18)13-14(20-9-16-13)17-12-8-11(12)10-6-4-3-5-7-10/h3-7,9,11-12,17H,2,8H2,1H3. The van der Waals surface area contributed by atoms with Crippen LogP contribution < -0.4 is 5.32 Å². The zero-order chi connectivity index (χ0) is 13.9. The molecule has 2 unspecified atom stereocenters. The van der Waals surface area contributed by atoms with Crippen LogP contribution in [0.5, 0.6) is 0 Å². The van der Waals surface area contributed by atoms with Crippen LogP contribution in [-0.2, 0) is 4.74 Å². The minimum absolute atomic E-state index is 0.354. The first-order chi connectivity index (χ1) is 9.79. The molecule has 1 saturated carbocycles. The number of carbonyl (C=O) groups is 1. The number of nitrogens with zero attached hydrogens (tertiary/aromatic N) is 1. The van der Waals surface area contributed by atoms with Crippen molar-refractivity contribution in [3.63, 3.8) is 0 Å². The van der Waals surface area contributed by atoms with E-state index in [1.54, 1.807) is 12.4 Å². The van der Waals surface area contributed by atoms with E-state index >= 15 is 0 Å². The van der Waals surface area contributed by atoms with Crippen LogP contribution in [0.4, 0.5) is 5.00 Å². The van der Waals surface area contributed by atoms with E-state index in [2.05, 4.69) is 34.6 Å². The molecule has 1 aliphatic carbocycles. The van der Waals surface area contributed by atoms with E-state index in [-0.39, 0.29) is 5.97 Å². The lowest BCUT2D eigenvalue weighted by Gasteiger charge is -2.05. The molecule has 1 aromatic carbocycles. The molecule has 0 bridgehead atoms. The molecule has 5 heteroatoms. The Balaban J connectivity index is 1.66. The van der Waals surface area contributed by atoms with Crippen LogP contribution in [0, 0.1) is 0 Å². The lowest BCUT2D eigenvalue weighted by atomic mass is 10.1. The molecule has 0 amide bonds. The van der Waals surface area contributed by atoms with Crippen molar-refractivity contribution in [3.8, 4) is 0 Å². The van der Waals surface area contributed by atoms with Crippen molar-refractivity contribution in [2.45, 2.75) is 25.3 Å². The Hall–Kier alpha value is -1.88. The normalized spacial score (nSPS) is 20.4. The summed E-state index contributed by atoms with van der Waals surface area (Å²) in [6.07, 6.45) is 1.09. The second-order valence-electron chi connectivity index (χ2n) is 4.75. The van der Waals surface area contributed by atoms with Crippen LogP contribution in [0.15, 0.2) is 35.8 Å². The van der Waals surface area contributed by atoms with Gasteiger partial charge in [0.15, 0.2) is 5.69 Å². The number of anilines is 1. The Kier molecular flexibility index (Phi) is 3.69. The summed E-state index contributed by atoms with van der Waals surface area (Å²) in [6, 6.07) is 10.8. The molecular formula is C15H16N2O2S. The van der Waals surface area contributed by atoms with E-state index in [1.165, 1.54) is 16.9 Å². The highest BCUT2D eigenvalue weighted by molar-refractivity contribution is 7.14. The van der Waals surface area contributed by atoms with Gasteiger partial charge in [0.25, 0.3) is 0 Å². The highest BCUT2D eigenvalue weighted by atomic mass is 32.1. The van der Waals surface area contributed by atoms with Gasteiger partial charge >= 0.3 is 5.97 Å². The molecule has 20 heavy (non-hydrogen) atoms. The van der Waals surface area contributed by atoms with E-state index in [4.69, 9.17) is 4.74 Å². The number of aromatic nitrogens is 1. The van der Waals surface area contributed by atoms with Crippen molar-refractivity contribution in [3.05, 3.63) is 47.1 Å². The van der Waals surface area contributed by atoms with Crippen LogP contribution in [0.25, 0.3) is 0 Å². The van der Waals surface area contributed by atoms with Gasteiger partial charge in [0.05, 0.1) is 12.1 Å². The van der Waals surface area contributed by atoms with Crippen LogP contribution >= 0.6 is 11.3 Å². The Morgan fingerprint density at radius 1 is 1.45 bits per heavy atom. The van der Waals surface area contributed by atoms with Crippen molar-refractivity contribution >= 4 is 22.3 Å². The molecule has 1 aromatic heterocycles. The summed E-state index contributed by atoms with van der Waals surface area (Å²) in [5, 5.41) is 4.22. The maximum atomic E-state index is 11.8. The number of carbonyl (C=O) groups excluding carboxylic acids is 1. The Morgan fingerprint density at radius 3 is 3.00 bits per heavy atom. The predicted octanol–water partition coefficient (Wildman–Crippen LogP) is 3.29. The summed E-state index contributed by atoms with van der Waals surface area (Å²) in [5.41, 5.74) is 3.41. The van der Waals surface area contributed by atoms with Gasteiger partial charge in [-0.3, -0.25) is 0 Å². The minimum Gasteiger partial charge on any atom is -0.461 e. The van der Waals surface area contributed by atoms with E-state index in [0.29, 0.717) is 24.3 Å². The van der Waals surface area contributed by atoms with Gasteiger partial charge < -0.3 is 10.1 Å². The molecule has 104 valence electrons. The van der Waals surface area contributed by atoms with Crippen molar-refractivity contribution in [2.24, 2.45) is 0 Å². The van der Waals surface area contributed by atoms with Crippen LogP contribution in [0.3, 0.4) is 0 Å². The van der Waals surface area contributed by atoms with E-state index in [0.717, 1.165) is 11.4 Å². The van der Waals surface area contributed by atoms with Gasteiger partial charge in [0, 0.05) is 12.0 Å².